The molecule has 0 aromatic rings. The third-order valence-electron chi connectivity index (χ3n) is 4.33. The molecule has 0 amide bonds. The van der Waals surface area contributed by atoms with Gasteiger partial charge in [-0.25, -0.2) is 0 Å². The number of hydrogen-bond donors (Lipinski definition) is 0. The van der Waals surface area contributed by atoms with Crippen LogP contribution in [0.15, 0.2) is 12.2 Å². The Balaban J connectivity index is 2.73. The maximum Gasteiger partial charge on any atom is 0.404 e. The van der Waals surface area contributed by atoms with E-state index < -0.39 is 50.1 Å². The summed E-state index contributed by atoms with van der Waals surface area (Å²) in [5.74, 6) is -5.42. The molecule has 2 aliphatic carbocycles. The zero-order valence-corrected chi connectivity index (χ0v) is 14.0. The predicted octanol–water partition coefficient (Wildman–Crippen LogP) is 6.46. The molecule has 0 heterocycles. The van der Waals surface area contributed by atoms with Crippen molar-refractivity contribution >= 4 is 58.0 Å². The summed E-state index contributed by atoms with van der Waals surface area (Å²) in [7, 11) is 0. The molecule has 3 atom stereocenters. The second kappa shape index (κ2) is 5.13. The largest absolute Gasteiger partial charge is 0.404 e. The highest BCUT2D eigenvalue weighted by atomic mass is 35.6. The van der Waals surface area contributed by atoms with Crippen LogP contribution in [0.2, 0.25) is 0 Å². The SMILES string of the molecule is FC(F)(F)C1(C(F)(F)F)C2C=CC(C2)C1C(Cl)(Cl)C(Cl)(Cl)Cl. The minimum absolute atomic E-state index is 0.411. The van der Waals surface area contributed by atoms with Gasteiger partial charge in [0.1, 0.15) is 0 Å². The molecule has 0 spiro atoms. The van der Waals surface area contributed by atoms with Crippen LogP contribution in [0.3, 0.4) is 0 Å². The van der Waals surface area contributed by atoms with Gasteiger partial charge in [-0.05, 0) is 12.3 Å². The normalized spacial score (nSPS) is 31.9. The summed E-state index contributed by atoms with van der Waals surface area (Å²) in [6.45, 7) is 0. The number of fused-ring (bicyclic) bond motifs is 2. The van der Waals surface area contributed by atoms with E-state index in [1.165, 1.54) is 6.08 Å². The zero-order valence-electron chi connectivity index (χ0n) is 10.3. The Bertz CT molecular complexity index is 475. The van der Waals surface area contributed by atoms with Crippen LogP contribution in [0, 0.1) is 23.2 Å². The second-order valence-electron chi connectivity index (χ2n) is 5.35. The quantitative estimate of drug-likeness (QED) is 0.254. The van der Waals surface area contributed by atoms with E-state index in [-0.39, 0.29) is 0 Å². The van der Waals surface area contributed by atoms with Crippen LogP contribution < -0.4 is 0 Å². The summed E-state index contributed by atoms with van der Waals surface area (Å²) in [4.78, 5) is 0. The zero-order chi connectivity index (χ0) is 17.4. The van der Waals surface area contributed by atoms with Crippen LogP contribution >= 0.6 is 58.0 Å². The van der Waals surface area contributed by atoms with Crippen molar-refractivity contribution in [2.24, 2.45) is 23.2 Å². The highest BCUT2D eigenvalue weighted by molar-refractivity contribution is 6.75. The lowest BCUT2D eigenvalue weighted by atomic mass is 9.65. The van der Waals surface area contributed by atoms with Crippen molar-refractivity contribution < 1.29 is 26.3 Å². The third kappa shape index (κ3) is 2.35. The molecule has 128 valence electrons. The molecule has 0 aromatic heterocycles. The number of allylic oxidation sites excluding steroid dienone is 2. The molecule has 0 radical (unpaired) electrons. The van der Waals surface area contributed by atoms with Crippen molar-refractivity contribution in [2.45, 2.75) is 26.9 Å². The van der Waals surface area contributed by atoms with E-state index in [1.54, 1.807) is 0 Å². The van der Waals surface area contributed by atoms with Crippen molar-refractivity contribution in [2.75, 3.05) is 0 Å². The molecule has 1 saturated carbocycles. The Kier molecular flexibility index (Phi) is 4.46. The van der Waals surface area contributed by atoms with E-state index in [0.717, 1.165) is 6.08 Å². The molecule has 3 unspecified atom stereocenters. The lowest BCUT2D eigenvalue weighted by Gasteiger charge is -2.49. The van der Waals surface area contributed by atoms with Gasteiger partial charge < -0.3 is 0 Å². The second-order valence-corrected chi connectivity index (χ2v) is 9.02. The van der Waals surface area contributed by atoms with E-state index in [1.807, 2.05) is 0 Å². The lowest BCUT2D eigenvalue weighted by Crippen LogP contribution is -2.63. The van der Waals surface area contributed by atoms with Crippen LogP contribution in [0.5, 0.6) is 0 Å². The summed E-state index contributed by atoms with van der Waals surface area (Å²) in [5, 5.41) is 0. The fourth-order valence-corrected chi connectivity index (χ4v) is 4.57. The number of halogens is 11. The lowest BCUT2D eigenvalue weighted by molar-refractivity contribution is -0.365. The van der Waals surface area contributed by atoms with Crippen LogP contribution in [0.1, 0.15) is 6.42 Å². The van der Waals surface area contributed by atoms with Crippen LogP contribution in [-0.2, 0) is 0 Å². The summed E-state index contributed by atoms with van der Waals surface area (Å²) >= 11 is 27.9. The van der Waals surface area contributed by atoms with Gasteiger partial charge in [-0.3, -0.25) is 0 Å². The van der Waals surface area contributed by atoms with Gasteiger partial charge in [-0.1, -0.05) is 70.2 Å². The molecular weight excluding hydrogens is 423 g/mol. The van der Waals surface area contributed by atoms with Gasteiger partial charge in [0.05, 0.1) is 0 Å². The average molecular weight is 430 g/mol. The number of alkyl halides is 11. The Morgan fingerprint density at radius 1 is 0.818 bits per heavy atom. The maximum absolute atomic E-state index is 13.5. The molecule has 0 aromatic carbocycles. The summed E-state index contributed by atoms with van der Waals surface area (Å²) in [6.07, 6.45) is -9.65. The topological polar surface area (TPSA) is 0 Å². The van der Waals surface area contributed by atoms with Gasteiger partial charge in [0.15, 0.2) is 9.75 Å². The summed E-state index contributed by atoms with van der Waals surface area (Å²) in [5.41, 5.74) is -4.16. The smallest absolute Gasteiger partial charge is 0.170 e. The summed E-state index contributed by atoms with van der Waals surface area (Å²) in [6, 6.07) is 0. The minimum Gasteiger partial charge on any atom is -0.170 e. The van der Waals surface area contributed by atoms with Crippen LogP contribution in [0.25, 0.3) is 0 Å². The molecule has 0 saturated heterocycles. The minimum atomic E-state index is -5.66. The molecule has 2 bridgehead atoms. The van der Waals surface area contributed by atoms with Crippen molar-refractivity contribution in [3.05, 3.63) is 12.2 Å². The Morgan fingerprint density at radius 3 is 1.64 bits per heavy atom. The van der Waals surface area contributed by atoms with Gasteiger partial charge >= 0.3 is 12.4 Å². The van der Waals surface area contributed by atoms with Gasteiger partial charge in [0.25, 0.3) is 0 Å². The van der Waals surface area contributed by atoms with Crippen LogP contribution in [-0.4, -0.2) is 20.5 Å². The molecule has 0 aliphatic heterocycles. The van der Waals surface area contributed by atoms with Crippen LogP contribution in [0.4, 0.5) is 26.3 Å². The molecule has 22 heavy (non-hydrogen) atoms. The standard InChI is InChI=1S/C11H7Cl5F6/c12-8(13,9(14,15)16)6-4-1-2-5(3-4)7(6,10(17,18)19)11(20,21)22/h1-2,4-6H,3H2. The fraction of sp³-hybridized carbons (Fsp3) is 0.818. The van der Waals surface area contributed by atoms with Crippen molar-refractivity contribution in [1.82, 2.24) is 0 Å². The first-order valence-corrected chi connectivity index (χ1v) is 7.73. The molecule has 2 aliphatic rings. The highest BCUT2D eigenvalue weighted by Gasteiger charge is 2.84. The highest BCUT2D eigenvalue weighted by Crippen LogP contribution is 2.74. The van der Waals surface area contributed by atoms with E-state index >= 15 is 0 Å². The summed E-state index contributed by atoms with van der Waals surface area (Å²) < 4.78 is 75.6. The predicted molar refractivity (Wildman–Crippen MR) is 73.5 cm³/mol. The third-order valence-corrected chi connectivity index (χ3v) is 6.84. The monoisotopic (exact) mass is 428 g/mol. The molecule has 0 N–H and O–H groups in total. The van der Waals surface area contributed by atoms with Gasteiger partial charge in [0, 0.05) is 11.8 Å². The number of rotatable bonds is 1. The average Bonchev–Trinajstić information content (AvgIpc) is 2.82. The molecule has 0 nitrogen and oxygen atoms in total. The first-order valence-electron chi connectivity index (χ1n) is 5.84. The molecule has 2 rings (SSSR count). The first-order chi connectivity index (χ1) is 9.58. The van der Waals surface area contributed by atoms with E-state index in [2.05, 4.69) is 0 Å². The molecule has 1 fully saturated rings. The van der Waals surface area contributed by atoms with Crippen molar-refractivity contribution in [1.29, 1.82) is 0 Å². The van der Waals surface area contributed by atoms with Crippen molar-refractivity contribution in [3.8, 4) is 0 Å². The van der Waals surface area contributed by atoms with Gasteiger partial charge in [-0.15, -0.1) is 0 Å². The first kappa shape index (κ1) is 19.1. The van der Waals surface area contributed by atoms with Gasteiger partial charge in [-0.2, -0.15) is 26.3 Å². The van der Waals surface area contributed by atoms with E-state index in [4.69, 9.17) is 58.0 Å². The Hall–Kier alpha value is 0.770. The maximum atomic E-state index is 13.5. The Morgan fingerprint density at radius 2 is 1.27 bits per heavy atom. The van der Waals surface area contributed by atoms with E-state index in [9.17, 15) is 26.3 Å². The molecule has 11 heteroatoms. The van der Waals surface area contributed by atoms with E-state index in [0.29, 0.717) is 0 Å². The van der Waals surface area contributed by atoms with Gasteiger partial charge in [0.2, 0.25) is 3.79 Å². The van der Waals surface area contributed by atoms with Crippen molar-refractivity contribution in [3.63, 3.8) is 0 Å². The molecular formula is C11H7Cl5F6. The number of hydrogen-bond acceptors (Lipinski definition) is 0. The fourth-order valence-electron chi connectivity index (χ4n) is 3.55. The Labute approximate surface area is 146 Å².